The van der Waals surface area contributed by atoms with E-state index >= 15 is 0 Å². The van der Waals surface area contributed by atoms with Gasteiger partial charge in [-0.3, -0.25) is 15.6 Å². The van der Waals surface area contributed by atoms with Gasteiger partial charge in [-0.05, 0) is 27.1 Å². The van der Waals surface area contributed by atoms with E-state index < -0.39 is 7.59 Å². The summed E-state index contributed by atoms with van der Waals surface area (Å²) in [6.07, 6.45) is 0.894. The molecule has 0 atom stereocenters. The Bertz CT molecular complexity index is 143. The molecule has 0 heterocycles. The predicted octanol–water partition coefficient (Wildman–Crippen LogP) is -0.447. The lowest BCUT2D eigenvalue weighted by Gasteiger charge is -2.11. The van der Waals surface area contributed by atoms with Crippen LogP contribution in [0.25, 0.3) is 0 Å². The summed E-state index contributed by atoms with van der Waals surface area (Å²) in [4.78, 5) is 2.04. The quantitative estimate of drug-likeness (QED) is 0.394. The van der Waals surface area contributed by atoms with Gasteiger partial charge in [-0.15, -0.1) is 0 Å². The third kappa shape index (κ3) is 10.1. The van der Waals surface area contributed by atoms with E-state index in [2.05, 4.69) is 5.09 Å². The van der Waals surface area contributed by atoms with Crippen molar-refractivity contribution in [3.05, 3.63) is 0 Å². The van der Waals surface area contributed by atoms with Crippen molar-refractivity contribution in [3.63, 3.8) is 0 Å². The third-order valence-electron chi connectivity index (χ3n) is 1.14. The molecule has 0 unspecified atom stereocenters. The van der Waals surface area contributed by atoms with Gasteiger partial charge in [0.05, 0.1) is 0 Å². The van der Waals surface area contributed by atoms with Crippen molar-refractivity contribution < 1.29 is 4.57 Å². The van der Waals surface area contributed by atoms with Crippen LogP contribution in [0.15, 0.2) is 0 Å². The number of nitrogens with one attached hydrogen (secondary N) is 1. The second-order valence-electron chi connectivity index (χ2n) is 2.77. The summed E-state index contributed by atoms with van der Waals surface area (Å²) < 4.78 is 10.7. The standard InChI is InChI=1S/C5H17N4OP/c1-9(2)5-3-4-8-11(6,7)10/h3-5H2,1-2H3,(H5,6,7,8,10). The minimum absolute atomic E-state index is 0.600. The molecule has 0 bridgehead atoms. The van der Waals surface area contributed by atoms with Crippen LogP contribution in [0.2, 0.25) is 0 Å². The molecule has 5 N–H and O–H groups in total. The lowest BCUT2D eigenvalue weighted by Crippen LogP contribution is -2.25. The summed E-state index contributed by atoms with van der Waals surface area (Å²) in [7, 11) is 0.959. The van der Waals surface area contributed by atoms with Crippen molar-refractivity contribution in [2.45, 2.75) is 6.42 Å². The van der Waals surface area contributed by atoms with Crippen molar-refractivity contribution in [2.24, 2.45) is 11.0 Å². The molecular weight excluding hydrogens is 163 g/mol. The summed E-state index contributed by atoms with van der Waals surface area (Å²) in [5.41, 5.74) is 10.1. The maximum atomic E-state index is 10.7. The Morgan fingerprint density at radius 1 is 1.45 bits per heavy atom. The minimum Gasteiger partial charge on any atom is -0.309 e. The SMILES string of the molecule is CN(C)CCCNP(N)(N)=O. The highest BCUT2D eigenvalue weighted by molar-refractivity contribution is 7.56. The minimum atomic E-state index is -2.99. The zero-order valence-electron chi connectivity index (χ0n) is 7.08. The average Bonchev–Trinajstić information content (AvgIpc) is 1.78. The summed E-state index contributed by atoms with van der Waals surface area (Å²) in [6, 6.07) is 0. The zero-order valence-corrected chi connectivity index (χ0v) is 7.97. The second-order valence-corrected chi connectivity index (χ2v) is 4.51. The Labute approximate surface area is 67.6 Å². The van der Waals surface area contributed by atoms with Gasteiger partial charge in [0.2, 0.25) is 0 Å². The van der Waals surface area contributed by atoms with Crippen LogP contribution < -0.4 is 16.1 Å². The molecule has 0 aromatic carbocycles. The van der Waals surface area contributed by atoms with Crippen LogP contribution >= 0.6 is 7.59 Å². The van der Waals surface area contributed by atoms with E-state index in [9.17, 15) is 4.57 Å². The molecule has 0 spiro atoms. The molecule has 0 saturated heterocycles. The summed E-state index contributed by atoms with van der Waals surface area (Å²) in [6.45, 7) is 1.54. The van der Waals surface area contributed by atoms with Crippen molar-refractivity contribution in [1.29, 1.82) is 0 Å². The predicted molar refractivity (Wildman–Crippen MR) is 47.2 cm³/mol. The lowest BCUT2D eigenvalue weighted by molar-refractivity contribution is 0.400. The van der Waals surface area contributed by atoms with Gasteiger partial charge in [0.1, 0.15) is 0 Å². The highest BCUT2D eigenvalue weighted by Crippen LogP contribution is 2.16. The molecule has 5 nitrogen and oxygen atoms in total. The normalized spacial score (nSPS) is 12.5. The molecule has 0 aromatic heterocycles. The van der Waals surface area contributed by atoms with Crippen LogP contribution in [0.3, 0.4) is 0 Å². The number of rotatable bonds is 5. The van der Waals surface area contributed by atoms with E-state index in [4.69, 9.17) is 11.0 Å². The van der Waals surface area contributed by atoms with Gasteiger partial charge in [0.25, 0.3) is 7.59 Å². The van der Waals surface area contributed by atoms with Gasteiger partial charge in [0.15, 0.2) is 0 Å². The fourth-order valence-corrected chi connectivity index (χ4v) is 1.16. The first-order valence-electron chi connectivity index (χ1n) is 3.49. The van der Waals surface area contributed by atoms with Crippen molar-refractivity contribution in [2.75, 3.05) is 27.2 Å². The Morgan fingerprint density at radius 3 is 2.36 bits per heavy atom. The van der Waals surface area contributed by atoms with E-state index in [0.717, 1.165) is 13.0 Å². The van der Waals surface area contributed by atoms with Gasteiger partial charge in [-0.25, -0.2) is 5.09 Å². The van der Waals surface area contributed by atoms with Crippen LogP contribution in [0.4, 0.5) is 0 Å². The zero-order chi connectivity index (χ0) is 8.91. The first-order valence-corrected chi connectivity index (χ1v) is 5.33. The number of nitrogens with zero attached hydrogens (tertiary/aromatic N) is 1. The summed E-state index contributed by atoms with van der Waals surface area (Å²) >= 11 is 0. The lowest BCUT2D eigenvalue weighted by atomic mass is 10.4. The summed E-state index contributed by atoms with van der Waals surface area (Å²) in [5.74, 6) is 0. The van der Waals surface area contributed by atoms with Gasteiger partial charge in [0, 0.05) is 6.54 Å². The number of nitrogens with two attached hydrogens (primary N) is 2. The molecule has 0 aliphatic heterocycles. The molecule has 0 rings (SSSR count). The van der Waals surface area contributed by atoms with Crippen LogP contribution in [0, 0.1) is 0 Å². The van der Waals surface area contributed by atoms with Gasteiger partial charge in [-0.1, -0.05) is 0 Å². The van der Waals surface area contributed by atoms with Crippen molar-refractivity contribution in [1.82, 2.24) is 9.99 Å². The van der Waals surface area contributed by atoms with E-state index in [1.807, 2.05) is 19.0 Å². The molecule has 0 fully saturated rings. The molecule has 0 aliphatic carbocycles. The monoisotopic (exact) mass is 180 g/mol. The van der Waals surface area contributed by atoms with Gasteiger partial charge < -0.3 is 4.90 Å². The maximum absolute atomic E-state index is 10.7. The number of hydrogen-bond donors (Lipinski definition) is 3. The highest BCUT2D eigenvalue weighted by atomic mass is 31.2. The maximum Gasteiger partial charge on any atom is 0.273 e. The molecule has 11 heavy (non-hydrogen) atoms. The van der Waals surface area contributed by atoms with Crippen molar-refractivity contribution in [3.8, 4) is 0 Å². The molecule has 6 heteroatoms. The molecule has 0 saturated carbocycles. The smallest absolute Gasteiger partial charge is 0.273 e. The van der Waals surface area contributed by atoms with Crippen LogP contribution in [0.1, 0.15) is 6.42 Å². The van der Waals surface area contributed by atoms with E-state index in [1.54, 1.807) is 0 Å². The van der Waals surface area contributed by atoms with Crippen LogP contribution in [0.5, 0.6) is 0 Å². The first-order chi connectivity index (χ1) is 4.92. The Morgan fingerprint density at radius 2 is 2.00 bits per heavy atom. The largest absolute Gasteiger partial charge is 0.309 e. The molecule has 0 amide bonds. The Hall–Kier alpha value is 0.0700. The highest BCUT2D eigenvalue weighted by Gasteiger charge is 2.04. The first kappa shape index (κ1) is 11.1. The van der Waals surface area contributed by atoms with E-state index in [0.29, 0.717) is 6.54 Å². The average molecular weight is 180 g/mol. The van der Waals surface area contributed by atoms with Crippen LogP contribution in [-0.4, -0.2) is 32.1 Å². The molecule has 0 radical (unpaired) electrons. The molecule has 68 valence electrons. The van der Waals surface area contributed by atoms with Gasteiger partial charge >= 0.3 is 0 Å². The molecule has 0 aliphatic rings. The number of hydrogen-bond acceptors (Lipinski definition) is 2. The fraction of sp³-hybridized carbons (Fsp3) is 1.00. The van der Waals surface area contributed by atoms with Crippen molar-refractivity contribution >= 4 is 7.59 Å². The second kappa shape index (κ2) is 4.85. The van der Waals surface area contributed by atoms with E-state index in [-0.39, 0.29) is 0 Å². The topological polar surface area (TPSA) is 84.4 Å². The molecule has 0 aromatic rings. The molecular formula is C5H17N4OP. The Kier molecular flexibility index (Phi) is 4.88. The third-order valence-corrected chi connectivity index (χ3v) is 1.86. The van der Waals surface area contributed by atoms with E-state index in [1.165, 1.54) is 0 Å². The van der Waals surface area contributed by atoms with Gasteiger partial charge in [-0.2, -0.15) is 0 Å². The fourth-order valence-electron chi connectivity index (χ4n) is 0.649. The Balaban J connectivity index is 3.22. The van der Waals surface area contributed by atoms with Crippen LogP contribution in [-0.2, 0) is 4.57 Å². The summed E-state index contributed by atoms with van der Waals surface area (Å²) in [5, 5.41) is 2.56.